The van der Waals surface area contributed by atoms with Crippen LogP contribution in [0.5, 0.6) is 17.4 Å². The highest BCUT2D eigenvalue weighted by Crippen LogP contribution is 2.22. The van der Waals surface area contributed by atoms with Gasteiger partial charge in [-0.2, -0.15) is 8.78 Å². The van der Waals surface area contributed by atoms with E-state index in [1.807, 2.05) is 0 Å². The predicted octanol–water partition coefficient (Wildman–Crippen LogP) is 3.69. The van der Waals surface area contributed by atoms with E-state index >= 15 is 0 Å². The van der Waals surface area contributed by atoms with E-state index in [1.54, 1.807) is 36.5 Å². The SMILES string of the molecule is CN(Cc1ccc(OC(F)F)cc1)C(=O)COC(=O)c1cccnc1Oc1cccnc1. The molecule has 10 heteroatoms. The van der Waals surface area contributed by atoms with Gasteiger partial charge >= 0.3 is 12.6 Å². The van der Waals surface area contributed by atoms with Gasteiger partial charge in [-0.15, -0.1) is 0 Å². The Hall–Kier alpha value is -4.08. The van der Waals surface area contributed by atoms with Gasteiger partial charge in [0.2, 0.25) is 5.88 Å². The van der Waals surface area contributed by atoms with Gasteiger partial charge in [-0.3, -0.25) is 9.78 Å². The third kappa shape index (κ3) is 6.46. The van der Waals surface area contributed by atoms with Gasteiger partial charge in [-0.25, -0.2) is 9.78 Å². The van der Waals surface area contributed by atoms with Crippen LogP contribution in [0.3, 0.4) is 0 Å². The van der Waals surface area contributed by atoms with Crippen molar-refractivity contribution < 1.29 is 32.6 Å². The molecule has 0 saturated heterocycles. The monoisotopic (exact) mass is 443 g/mol. The van der Waals surface area contributed by atoms with Crippen molar-refractivity contribution in [3.63, 3.8) is 0 Å². The van der Waals surface area contributed by atoms with Gasteiger partial charge in [0.15, 0.2) is 6.61 Å². The zero-order valence-electron chi connectivity index (χ0n) is 17.0. The van der Waals surface area contributed by atoms with Crippen molar-refractivity contribution in [1.29, 1.82) is 0 Å². The van der Waals surface area contributed by atoms with Crippen LogP contribution in [-0.2, 0) is 16.1 Å². The minimum Gasteiger partial charge on any atom is -0.452 e. The van der Waals surface area contributed by atoms with Gasteiger partial charge in [0.05, 0.1) is 6.20 Å². The average Bonchev–Trinajstić information content (AvgIpc) is 2.79. The molecule has 0 aliphatic heterocycles. The summed E-state index contributed by atoms with van der Waals surface area (Å²) in [7, 11) is 1.53. The molecule has 0 radical (unpaired) electrons. The number of alkyl halides is 2. The summed E-state index contributed by atoms with van der Waals surface area (Å²) >= 11 is 0. The lowest BCUT2D eigenvalue weighted by Crippen LogP contribution is -2.30. The maximum atomic E-state index is 12.5. The summed E-state index contributed by atoms with van der Waals surface area (Å²) in [6.45, 7) is -3.22. The Labute approximate surface area is 182 Å². The molecule has 32 heavy (non-hydrogen) atoms. The molecule has 1 amide bonds. The third-order valence-electron chi connectivity index (χ3n) is 4.16. The summed E-state index contributed by atoms with van der Waals surface area (Å²) in [4.78, 5) is 34.1. The number of carbonyl (C=O) groups is 2. The number of pyridine rings is 2. The molecule has 0 aliphatic carbocycles. The second kappa shape index (κ2) is 10.8. The highest BCUT2D eigenvalue weighted by atomic mass is 19.3. The van der Waals surface area contributed by atoms with Crippen molar-refractivity contribution >= 4 is 11.9 Å². The molecule has 1 aromatic carbocycles. The maximum Gasteiger partial charge on any atom is 0.387 e. The number of amides is 1. The number of rotatable bonds is 9. The summed E-state index contributed by atoms with van der Waals surface area (Å²) in [5, 5.41) is 0. The number of benzene rings is 1. The summed E-state index contributed by atoms with van der Waals surface area (Å²) in [6, 6.07) is 12.2. The largest absolute Gasteiger partial charge is 0.452 e. The fraction of sp³-hybridized carbons (Fsp3) is 0.182. The van der Waals surface area contributed by atoms with E-state index in [0.29, 0.717) is 11.3 Å². The molecule has 0 saturated carbocycles. The molecular weight excluding hydrogens is 424 g/mol. The lowest BCUT2D eigenvalue weighted by Gasteiger charge is -2.17. The Kier molecular flexibility index (Phi) is 7.63. The molecule has 0 aliphatic rings. The molecule has 0 unspecified atom stereocenters. The second-order valence-electron chi connectivity index (χ2n) is 6.50. The Balaban J connectivity index is 1.55. The van der Waals surface area contributed by atoms with E-state index < -0.39 is 25.1 Å². The molecule has 2 heterocycles. The van der Waals surface area contributed by atoms with Crippen LogP contribution in [0.1, 0.15) is 15.9 Å². The zero-order chi connectivity index (χ0) is 22.9. The molecule has 3 aromatic rings. The molecule has 0 N–H and O–H groups in total. The molecule has 0 fully saturated rings. The number of carbonyl (C=O) groups excluding carboxylic acids is 2. The number of nitrogens with zero attached hydrogens (tertiary/aromatic N) is 3. The Morgan fingerprint density at radius 3 is 2.47 bits per heavy atom. The molecule has 8 nitrogen and oxygen atoms in total. The first-order valence-electron chi connectivity index (χ1n) is 9.40. The first-order chi connectivity index (χ1) is 15.4. The normalized spacial score (nSPS) is 10.5. The number of ether oxygens (including phenoxy) is 3. The molecule has 0 bridgehead atoms. The number of halogens is 2. The topological polar surface area (TPSA) is 90.8 Å². The molecule has 3 rings (SSSR count). The fourth-order valence-electron chi connectivity index (χ4n) is 2.60. The van der Waals surface area contributed by atoms with Gasteiger partial charge in [0, 0.05) is 26.0 Å². The van der Waals surface area contributed by atoms with Crippen LogP contribution in [0.15, 0.2) is 67.1 Å². The highest BCUT2D eigenvalue weighted by molar-refractivity contribution is 5.93. The van der Waals surface area contributed by atoms with Gasteiger partial charge < -0.3 is 19.1 Å². The van der Waals surface area contributed by atoms with E-state index in [1.165, 1.54) is 42.5 Å². The van der Waals surface area contributed by atoms with Crippen LogP contribution in [0.25, 0.3) is 0 Å². The fourth-order valence-corrected chi connectivity index (χ4v) is 2.60. The van der Waals surface area contributed by atoms with E-state index in [0.717, 1.165) is 0 Å². The number of hydrogen-bond acceptors (Lipinski definition) is 7. The number of likely N-dealkylation sites (N-methyl/N-ethyl adjacent to an activating group) is 1. The van der Waals surface area contributed by atoms with Crippen LogP contribution in [0.4, 0.5) is 8.78 Å². The van der Waals surface area contributed by atoms with E-state index in [-0.39, 0.29) is 23.7 Å². The van der Waals surface area contributed by atoms with Crippen LogP contribution >= 0.6 is 0 Å². The Morgan fingerprint density at radius 2 is 1.78 bits per heavy atom. The quantitative estimate of drug-likeness (QED) is 0.466. The van der Waals surface area contributed by atoms with Crippen molar-refractivity contribution in [2.45, 2.75) is 13.2 Å². The van der Waals surface area contributed by atoms with Crippen LogP contribution < -0.4 is 9.47 Å². The number of aromatic nitrogens is 2. The van der Waals surface area contributed by atoms with Gasteiger partial charge in [0.25, 0.3) is 5.91 Å². The minimum absolute atomic E-state index is 0.0208. The first kappa shape index (κ1) is 22.6. The highest BCUT2D eigenvalue weighted by Gasteiger charge is 2.19. The molecule has 0 atom stereocenters. The van der Waals surface area contributed by atoms with Gasteiger partial charge in [-0.1, -0.05) is 12.1 Å². The predicted molar refractivity (Wildman–Crippen MR) is 108 cm³/mol. The van der Waals surface area contributed by atoms with Gasteiger partial charge in [0.1, 0.15) is 17.1 Å². The minimum atomic E-state index is -2.91. The molecule has 0 spiro atoms. The van der Waals surface area contributed by atoms with Crippen LogP contribution in [0, 0.1) is 0 Å². The van der Waals surface area contributed by atoms with E-state index in [4.69, 9.17) is 9.47 Å². The van der Waals surface area contributed by atoms with Crippen molar-refractivity contribution in [2.24, 2.45) is 0 Å². The standard InChI is InChI=1S/C22H19F2N3O5/c1-27(13-15-6-8-16(9-7-15)32-22(23)24)19(28)14-30-21(29)18-5-3-11-26-20(18)31-17-4-2-10-25-12-17/h2-12,22H,13-14H2,1H3. The van der Waals surface area contributed by atoms with Crippen LogP contribution in [-0.4, -0.2) is 47.0 Å². The number of esters is 1. The van der Waals surface area contributed by atoms with Crippen molar-refractivity contribution in [3.8, 4) is 17.4 Å². The van der Waals surface area contributed by atoms with Crippen molar-refractivity contribution in [1.82, 2.24) is 14.9 Å². The lowest BCUT2D eigenvalue weighted by molar-refractivity contribution is -0.133. The summed E-state index contributed by atoms with van der Waals surface area (Å²) in [5.41, 5.74) is 0.745. The Morgan fingerprint density at radius 1 is 1.03 bits per heavy atom. The smallest absolute Gasteiger partial charge is 0.387 e. The average molecular weight is 443 g/mol. The first-order valence-corrected chi connectivity index (χ1v) is 9.40. The van der Waals surface area contributed by atoms with Crippen molar-refractivity contribution in [3.05, 3.63) is 78.2 Å². The summed E-state index contributed by atoms with van der Waals surface area (Å²) in [5.74, 6) is -0.789. The number of hydrogen-bond donors (Lipinski definition) is 0. The third-order valence-corrected chi connectivity index (χ3v) is 4.16. The molecule has 2 aromatic heterocycles. The van der Waals surface area contributed by atoms with E-state index in [9.17, 15) is 18.4 Å². The molecular formula is C22H19F2N3O5. The Bertz CT molecular complexity index is 1050. The maximum absolute atomic E-state index is 12.5. The zero-order valence-corrected chi connectivity index (χ0v) is 17.0. The van der Waals surface area contributed by atoms with E-state index in [2.05, 4.69) is 14.7 Å². The van der Waals surface area contributed by atoms with Crippen LogP contribution in [0.2, 0.25) is 0 Å². The van der Waals surface area contributed by atoms with Crippen molar-refractivity contribution in [2.75, 3.05) is 13.7 Å². The summed E-state index contributed by atoms with van der Waals surface area (Å²) in [6.07, 6.45) is 4.50. The molecule has 166 valence electrons. The second-order valence-corrected chi connectivity index (χ2v) is 6.50. The van der Waals surface area contributed by atoms with Gasteiger partial charge in [-0.05, 0) is 42.0 Å². The lowest BCUT2D eigenvalue weighted by atomic mass is 10.2. The summed E-state index contributed by atoms with van der Waals surface area (Å²) < 4.78 is 39.4.